The second-order valence-corrected chi connectivity index (χ2v) is 9.41. The molecule has 0 bridgehead atoms. The fraction of sp³-hybridized carbons (Fsp3) is 0.290. The summed E-state index contributed by atoms with van der Waals surface area (Å²) in [7, 11) is 0. The molecule has 0 N–H and O–H groups in total. The smallest absolute Gasteiger partial charge is 0.156 e. The van der Waals surface area contributed by atoms with Crippen molar-refractivity contribution in [3.8, 4) is 33.9 Å². The van der Waals surface area contributed by atoms with E-state index in [0.29, 0.717) is 0 Å². The molecule has 0 amide bonds. The zero-order valence-corrected chi connectivity index (χ0v) is 23.2. The summed E-state index contributed by atoms with van der Waals surface area (Å²) in [6, 6.07) is 16.6. The van der Waals surface area contributed by atoms with Crippen molar-refractivity contribution < 1.29 is 18.6 Å². The third-order valence-corrected chi connectivity index (χ3v) is 7.60. The Balaban J connectivity index is 0.00000324. The minimum Gasteiger partial charge on any atom is -0.255 e. The maximum absolute atomic E-state index is 5.07. The van der Waals surface area contributed by atoms with Crippen molar-refractivity contribution in [3.05, 3.63) is 92.5 Å². The van der Waals surface area contributed by atoms with Crippen molar-refractivity contribution in [1.82, 2.24) is 9.97 Å². The standard InChI is InChI=1S/C31H33N2.V/c1-17-10-13-26(23(7)20(17)4)29-16-30(27-14-11-18(2)21(5)24(27)8)33-31(32-29)28-15-12-19(3)22(6)25(28)9;/h10-15H,1-9H3;/q-1;. The summed E-state index contributed by atoms with van der Waals surface area (Å²) in [6.07, 6.45) is 0. The van der Waals surface area contributed by atoms with E-state index in [4.69, 9.17) is 9.97 Å². The van der Waals surface area contributed by atoms with Crippen molar-refractivity contribution >= 4 is 0 Å². The summed E-state index contributed by atoms with van der Waals surface area (Å²) in [6.45, 7) is 19.5. The van der Waals surface area contributed by atoms with Crippen LogP contribution >= 0.6 is 0 Å². The van der Waals surface area contributed by atoms with Gasteiger partial charge in [0.25, 0.3) is 0 Å². The SMILES string of the molecule is Cc1ccc(-c2[c-]c(-c3ccc(C)c(C)c3C)nc(-c3ccc(C)c(C)c3C)n2)c(C)c1C.[V]. The number of aryl methyl sites for hydroxylation is 3. The van der Waals surface area contributed by atoms with Crippen LogP contribution in [0.25, 0.3) is 33.9 Å². The predicted molar refractivity (Wildman–Crippen MR) is 140 cm³/mol. The molecule has 0 aliphatic carbocycles. The van der Waals surface area contributed by atoms with Gasteiger partial charge in [-0.05, 0) is 87.7 Å². The van der Waals surface area contributed by atoms with E-state index in [0.717, 1.165) is 33.9 Å². The fourth-order valence-electron chi connectivity index (χ4n) is 4.40. The molecule has 3 heteroatoms. The molecule has 1 radical (unpaired) electrons. The molecular weight excluding hydrogens is 451 g/mol. The first-order chi connectivity index (χ1) is 15.6. The number of hydrogen-bond acceptors (Lipinski definition) is 2. The first kappa shape index (κ1) is 25.9. The molecule has 0 unspecified atom stereocenters. The van der Waals surface area contributed by atoms with Gasteiger partial charge < -0.3 is 0 Å². The van der Waals surface area contributed by atoms with Crippen LogP contribution in [0.4, 0.5) is 0 Å². The average Bonchev–Trinajstić information content (AvgIpc) is 2.79. The Morgan fingerprint density at radius 1 is 0.441 bits per heavy atom. The molecule has 0 aliphatic rings. The normalized spacial score (nSPS) is 10.9. The van der Waals surface area contributed by atoms with Crippen molar-refractivity contribution in [3.63, 3.8) is 0 Å². The summed E-state index contributed by atoms with van der Waals surface area (Å²) >= 11 is 0. The first-order valence-corrected chi connectivity index (χ1v) is 11.6. The predicted octanol–water partition coefficient (Wildman–Crippen LogP) is 8.05. The molecule has 0 atom stereocenters. The Kier molecular flexibility index (Phi) is 7.55. The largest absolute Gasteiger partial charge is 0.255 e. The minimum absolute atomic E-state index is 0. The number of aromatic nitrogens is 2. The Morgan fingerprint density at radius 2 is 0.765 bits per heavy atom. The third kappa shape index (κ3) is 4.50. The molecule has 1 heterocycles. The zero-order valence-electron chi connectivity index (χ0n) is 21.8. The molecule has 0 fully saturated rings. The Bertz CT molecular complexity index is 1220. The van der Waals surface area contributed by atoms with Crippen LogP contribution in [0.2, 0.25) is 0 Å². The van der Waals surface area contributed by atoms with E-state index in [1.54, 1.807) is 0 Å². The summed E-state index contributed by atoms with van der Waals surface area (Å²) in [5.74, 6) is 0.759. The third-order valence-electron chi connectivity index (χ3n) is 7.60. The van der Waals surface area contributed by atoms with Crippen LogP contribution in [0.15, 0.2) is 36.4 Å². The zero-order chi connectivity index (χ0) is 24.0. The van der Waals surface area contributed by atoms with E-state index < -0.39 is 0 Å². The Labute approximate surface area is 216 Å². The van der Waals surface area contributed by atoms with Gasteiger partial charge in [0.15, 0.2) is 5.82 Å². The second kappa shape index (κ2) is 9.90. The molecule has 0 saturated heterocycles. The van der Waals surface area contributed by atoms with Gasteiger partial charge in [-0.1, -0.05) is 71.5 Å². The van der Waals surface area contributed by atoms with Crippen LogP contribution in [-0.4, -0.2) is 9.97 Å². The summed E-state index contributed by atoms with van der Waals surface area (Å²) in [5.41, 5.74) is 16.5. The molecule has 1 aromatic heterocycles. The van der Waals surface area contributed by atoms with E-state index >= 15 is 0 Å². The molecular formula is C31H33N2V-. The summed E-state index contributed by atoms with van der Waals surface area (Å²) in [4.78, 5) is 10.1. The summed E-state index contributed by atoms with van der Waals surface area (Å²) in [5, 5.41) is 0. The molecule has 34 heavy (non-hydrogen) atoms. The van der Waals surface area contributed by atoms with Gasteiger partial charge in [0.05, 0.1) is 0 Å². The molecule has 4 rings (SSSR count). The Morgan fingerprint density at radius 3 is 1.15 bits per heavy atom. The minimum atomic E-state index is 0. The molecule has 173 valence electrons. The van der Waals surface area contributed by atoms with Crippen LogP contribution in [0.1, 0.15) is 50.1 Å². The van der Waals surface area contributed by atoms with E-state index in [-0.39, 0.29) is 18.6 Å². The van der Waals surface area contributed by atoms with Crippen molar-refractivity contribution in [1.29, 1.82) is 0 Å². The number of benzene rings is 3. The topological polar surface area (TPSA) is 25.8 Å². The van der Waals surface area contributed by atoms with E-state index in [9.17, 15) is 0 Å². The molecule has 3 aromatic carbocycles. The van der Waals surface area contributed by atoms with Crippen LogP contribution < -0.4 is 0 Å². The van der Waals surface area contributed by atoms with Gasteiger partial charge in [-0.15, -0.1) is 18.2 Å². The van der Waals surface area contributed by atoms with Gasteiger partial charge in [-0.2, -0.15) is 0 Å². The van der Waals surface area contributed by atoms with Crippen LogP contribution in [0, 0.1) is 68.4 Å². The van der Waals surface area contributed by atoms with Gasteiger partial charge in [-0.25, -0.2) is 0 Å². The maximum atomic E-state index is 5.07. The van der Waals surface area contributed by atoms with E-state index in [1.165, 1.54) is 50.1 Å². The van der Waals surface area contributed by atoms with Gasteiger partial charge in [-0.3, -0.25) is 9.97 Å². The fourth-order valence-corrected chi connectivity index (χ4v) is 4.40. The number of hydrogen-bond donors (Lipinski definition) is 0. The molecule has 0 saturated carbocycles. The Hall–Kier alpha value is -2.68. The van der Waals surface area contributed by atoms with E-state index in [2.05, 4.69) is 105 Å². The molecule has 0 spiro atoms. The second-order valence-electron chi connectivity index (χ2n) is 9.41. The molecule has 4 aromatic rings. The van der Waals surface area contributed by atoms with Crippen LogP contribution in [-0.2, 0) is 18.6 Å². The molecule has 0 aliphatic heterocycles. The van der Waals surface area contributed by atoms with Crippen LogP contribution in [0.5, 0.6) is 0 Å². The van der Waals surface area contributed by atoms with Gasteiger partial charge in [0.1, 0.15) is 0 Å². The summed E-state index contributed by atoms with van der Waals surface area (Å²) < 4.78 is 0. The van der Waals surface area contributed by atoms with E-state index in [1.807, 2.05) is 0 Å². The quantitative estimate of drug-likeness (QED) is 0.275. The first-order valence-electron chi connectivity index (χ1n) is 11.6. The van der Waals surface area contributed by atoms with Gasteiger partial charge in [0.2, 0.25) is 0 Å². The number of rotatable bonds is 3. The monoisotopic (exact) mass is 484 g/mol. The maximum Gasteiger partial charge on any atom is 0.156 e. The number of nitrogens with zero attached hydrogens (tertiary/aromatic N) is 2. The van der Waals surface area contributed by atoms with Gasteiger partial charge in [0, 0.05) is 24.1 Å². The van der Waals surface area contributed by atoms with Crippen molar-refractivity contribution in [2.24, 2.45) is 0 Å². The van der Waals surface area contributed by atoms with Gasteiger partial charge >= 0.3 is 0 Å². The average molecular weight is 485 g/mol. The van der Waals surface area contributed by atoms with Crippen molar-refractivity contribution in [2.75, 3.05) is 0 Å². The molecule has 2 nitrogen and oxygen atoms in total. The van der Waals surface area contributed by atoms with Crippen LogP contribution in [0.3, 0.4) is 0 Å². The van der Waals surface area contributed by atoms with Crippen molar-refractivity contribution in [2.45, 2.75) is 62.3 Å².